The summed E-state index contributed by atoms with van der Waals surface area (Å²) < 4.78 is 24.2. The third kappa shape index (κ3) is 3.42. The van der Waals surface area contributed by atoms with Crippen molar-refractivity contribution in [1.29, 1.82) is 0 Å². The Bertz CT molecular complexity index is 1030. The summed E-state index contributed by atoms with van der Waals surface area (Å²) in [6.07, 6.45) is 2.08. The molecule has 1 unspecified atom stereocenters. The normalized spacial score (nSPS) is 15.3. The Hall–Kier alpha value is -3.41. The van der Waals surface area contributed by atoms with E-state index < -0.39 is 0 Å². The van der Waals surface area contributed by atoms with E-state index in [1.54, 1.807) is 28.4 Å². The van der Waals surface area contributed by atoms with Crippen LogP contribution in [0.5, 0.6) is 23.0 Å². The van der Waals surface area contributed by atoms with E-state index in [0.29, 0.717) is 17.2 Å². The minimum absolute atomic E-state index is 0.0286. The maximum Gasteiger partial charge on any atom is 0.203 e. The van der Waals surface area contributed by atoms with Crippen LogP contribution in [-0.4, -0.2) is 38.7 Å². The monoisotopic (exact) mass is 392 g/mol. The van der Waals surface area contributed by atoms with Crippen LogP contribution in [0.4, 0.5) is 0 Å². The van der Waals surface area contributed by atoms with Gasteiger partial charge in [0.1, 0.15) is 5.75 Å². The molecule has 0 saturated carbocycles. The molecule has 0 spiro atoms. The highest BCUT2D eigenvalue weighted by atomic mass is 16.5. The molecule has 1 aliphatic rings. The molecule has 6 nitrogen and oxygen atoms in total. The molecule has 0 amide bonds. The smallest absolute Gasteiger partial charge is 0.203 e. The van der Waals surface area contributed by atoms with E-state index in [4.69, 9.17) is 23.9 Å². The molecular weight excluding hydrogens is 368 g/mol. The van der Waals surface area contributed by atoms with Crippen molar-refractivity contribution in [3.63, 3.8) is 0 Å². The predicted octanol–water partition coefficient (Wildman–Crippen LogP) is 4.11. The first-order chi connectivity index (χ1) is 14.2. The van der Waals surface area contributed by atoms with E-state index in [1.165, 1.54) is 0 Å². The van der Waals surface area contributed by atoms with Gasteiger partial charge in [0.2, 0.25) is 5.75 Å². The summed E-state index contributed by atoms with van der Waals surface area (Å²) >= 11 is 0. The number of nitrogens with zero attached hydrogens (tertiary/aromatic N) is 2. The molecule has 0 saturated heterocycles. The third-order valence-electron chi connectivity index (χ3n) is 5.14. The Morgan fingerprint density at radius 1 is 0.862 bits per heavy atom. The van der Waals surface area contributed by atoms with Gasteiger partial charge in [-0.25, -0.2) is 0 Å². The number of benzene rings is 2. The molecule has 0 bridgehead atoms. The number of hydrogen-bond acceptors (Lipinski definition) is 5. The number of rotatable bonds is 6. The molecule has 0 fully saturated rings. The van der Waals surface area contributed by atoms with E-state index in [-0.39, 0.29) is 6.04 Å². The lowest BCUT2D eigenvalue weighted by atomic mass is 10.0. The first-order valence-electron chi connectivity index (χ1n) is 9.36. The highest BCUT2D eigenvalue weighted by Gasteiger charge is 2.25. The van der Waals surface area contributed by atoms with Crippen molar-refractivity contribution in [3.8, 4) is 23.0 Å². The lowest BCUT2D eigenvalue weighted by molar-refractivity contribution is 0.324. The zero-order valence-electron chi connectivity index (χ0n) is 17.0. The fourth-order valence-electron chi connectivity index (χ4n) is 3.71. The number of methoxy groups -OCH3 is 4. The van der Waals surface area contributed by atoms with Crippen LogP contribution in [-0.2, 0) is 6.54 Å². The second-order valence-corrected chi connectivity index (χ2v) is 6.73. The molecule has 0 aliphatic carbocycles. The molecule has 6 heteroatoms. The fraction of sp³-hybridized carbons (Fsp3) is 0.261. The van der Waals surface area contributed by atoms with Crippen molar-refractivity contribution in [2.24, 2.45) is 4.99 Å². The summed E-state index contributed by atoms with van der Waals surface area (Å²) in [7, 11) is 6.51. The van der Waals surface area contributed by atoms with Crippen molar-refractivity contribution >= 4 is 5.71 Å². The van der Waals surface area contributed by atoms with E-state index in [2.05, 4.69) is 22.9 Å². The first-order valence-corrected chi connectivity index (χ1v) is 9.36. The quantitative estimate of drug-likeness (QED) is 0.633. The maximum absolute atomic E-state index is 5.54. The van der Waals surface area contributed by atoms with Crippen LogP contribution < -0.4 is 18.9 Å². The van der Waals surface area contributed by atoms with Crippen LogP contribution >= 0.6 is 0 Å². The maximum atomic E-state index is 5.54. The average molecular weight is 392 g/mol. The van der Waals surface area contributed by atoms with Gasteiger partial charge in [-0.15, -0.1) is 0 Å². The number of aromatic nitrogens is 1. The van der Waals surface area contributed by atoms with Crippen molar-refractivity contribution in [1.82, 2.24) is 4.57 Å². The molecule has 1 atom stereocenters. The summed E-state index contributed by atoms with van der Waals surface area (Å²) in [5, 5.41) is 0. The van der Waals surface area contributed by atoms with Crippen LogP contribution in [0.3, 0.4) is 0 Å². The number of ether oxygens (including phenoxy) is 4. The lowest BCUT2D eigenvalue weighted by Crippen LogP contribution is -2.21. The minimum atomic E-state index is -0.0286. The molecule has 2 aromatic carbocycles. The van der Waals surface area contributed by atoms with Crippen LogP contribution in [0.15, 0.2) is 59.7 Å². The number of aliphatic imine (C=N–C) groups is 1. The summed E-state index contributed by atoms with van der Waals surface area (Å²) in [6.45, 7) is 0.767. The highest BCUT2D eigenvalue weighted by Crippen LogP contribution is 2.40. The molecule has 1 aromatic heterocycles. The summed E-state index contributed by atoms with van der Waals surface area (Å²) in [5.41, 5.74) is 3.95. The van der Waals surface area contributed by atoms with Gasteiger partial charge >= 0.3 is 0 Å². The van der Waals surface area contributed by atoms with Gasteiger partial charge in [0.15, 0.2) is 11.5 Å². The summed E-state index contributed by atoms with van der Waals surface area (Å²) in [4.78, 5) is 5.11. The van der Waals surface area contributed by atoms with Gasteiger partial charge in [0, 0.05) is 18.3 Å². The Morgan fingerprint density at radius 3 is 2.28 bits per heavy atom. The molecule has 2 heterocycles. The molecule has 1 aliphatic heterocycles. The van der Waals surface area contributed by atoms with Gasteiger partial charge < -0.3 is 23.5 Å². The molecule has 3 aromatic rings. The van der Waals surface area contributed by atoms with Crippen LogP contribution in [0.2, 0.25) is 0 Å². The molecule has 4 rings (SSSR count). The van der Waals surface area contributed by atoms with E-state index in [9.17, 15) is 0 Å². The highest BCUT2D eigenvalue weighted by molar-refractivity contribution is 6.13. The molecule has 29 heavy (non-hydrogen) atoms. The summed E-state index contributed by atoms with van der Waals surface area (Å²) in [5.74, 6) is 2.59. The Morgan fingerprint density at radius 2 is 1.62 bits per heavy atom. The van der Waals surface area contributed by atoms with Gasteiger partial charge in [0.25, 0.3) is 0 Å². The number of hydrogen-bond donors (Lipinski definition) is 0. The average Bonchev–Trinajstić information content (AvgIpc) is 3.26. The van der Waals surface area contributed by atoms with Crippen molar-refractivity contribution in [2.45, 2.75) is 12.6 Å². The summed E-state index contributed by atoms with van der Waals surface area (Å²) in [6, 6.07) is 16.0. The standard InChI is InChI=1S/C23H24N2O4/c1-26-17-8-5-7-15(11-17)18-14-25-10-6-9-19(25)22(24-18)16-12-20(27-2)23(29-4)21(13-16)28-3/h5-13,18H,14H2,1-4H3. The molecule has 150 valence electrons. The van der Waals surface area contributed by atoms with Gasteiger partial charge in [-0.05, 0) is 42.0 Å². The van der Waals surface area contributed by atoms with Gasteiger partial charge in [0.05, 0.1) is 45.9 Å². The zero-order valence-corrected chi connectivity index (χ0v) is 17.0. The predicted molar refractivity (Wildman–Crippen MR) is 112 cm³/mol. The topological polar surface area (TPSA) is 54.2 Å². The first kappa shape index (κ1) is 18.9. The van der Waals surface area contributed by atoms with Crippen LogP contribution in [0.25, 0.3) is 0 Å². The van der Waals surface area contributed by atoms with E-state index in [1.807, 2.05) is 36.4 Å². The second kappa shape index (κ2) is 7.91. The SMILES string of the molecule is COc1cccc(C2Cn3cccc3C(c3cc(OC)c(OC)c(OC)c3)=N2)c1. The van der Waals surface area contributed by atoms with Gasteiger partial charge in [-0.2, -0.15) is 0 Å². The minimum Gasteiger partial charge on any atom is -0.497 e. The lowest BCUT2D eigenvalue weighted by Gasteiger charge is -2.25. The van der Waals surface area contributed by atoms with E-state index in [0.717, 1.165) is 34.8 Å². The Labute approximate surface area is 170 Å². The third-order valence-corrected chi connectivity index (χ3v) is 5.14. The Balaban J connectivity index is 1.85. The second-order valence-electron chi connectivity index (χ2n) is 6.73. The Kier molecular flexibility index (Phi) is 5.16. The largest absolute Gasteiger partial charge is 0.497 e. The fourth-order valence-corrected chi connectivity index (χ4v) is 3.71. The van der Waals surface area contributed by atoms with Gasteiger partial charge in [-0.3, -0.25) is 4.99 Å². The van der Waals surface area contributed by atoms with Crippen molar-refractivity contribution in [3.05, 3.63) is 71.5 Å². The van der Waals surface area contributed by atoms with Crippen LogP contribution in [0, 0.1) is 0 Å². The molecule has 0 N–H and O–H groups in total. The van der Waals surface area contributed by atoms with E-state index >= 15 is 0 Å². The van der Waals surface area contributed by atoms with Crippen molar-refractivity contribution in [2.75, 3.05) is 28.4 Å². The molecule has 0 radical (unpaired) electrons. The molecular formula is C23H24N2O4. The van der Waals surface area contributed by atoms with Crippen molar-refractivity contribution < 1.29 is 18.9 Å². The van der Waals surface area contributed by atoms with Crippen LogP contribution in [0.1, 0.15) is 22.9 Å². The zero-order chi connectivity index (χ0) is 20.4. The number of fused-ring (bicyclic) bond motifs is 1. The van der Waals surface area contributed by atoms with Gasteiger partial charge in [-0.1, -0.05) is 12.1 Å².